The Balaban J connectivity index is 1.77. The van der Waals surface area contributed by atoms with Crippen molar-refractivity contribution >= 4 is 5.91 Å². The first-order valence-electron chi connectivity index (χ1n) is 5.83. The topological polar surface area (TPSA) is 41.6 Å². The Morgan fingerprint density at radius 2 is 2.07 bits per heavy atom. The molecule has 1 unspecified atom stereocenters. The van der Waals surface area contributed by atoms with Gasteiger partial charge in [-0.3, -0.25) is 4.79 Å². The summed E-state index contributed by atoms with van der Waals surface area (Å²) in [5, 5.41) is 3.32. The molecule has 0 aromatic heterocycles. The minimum atomic E-state index is 0.198. The predicted molar refractivity (Wildman–Crippen MR) is 57.6 cm³/mol. The molecule has 86 valence electrons. The molecule has 0 aromatic rings. The van der Waals surface area contributed by atoms with Crippen LogP contribution in [-0.2, 0) is 9.53 Å². The Morgan fingerprint density at radius 1 is 1.40 bits per heavy atom. The maximum Gasteiger partial charge on any atom is 0.225 e. The third-order valence-corrected chi connectivity index (χ3v) is 3.37. The molecule has 0 aliphatic carbocycles. The van der Waals surface area contributed by atoms with Crippen LogP contribution in [0.1, 0.15) is 19.3 Å². The minimum absolute atomic E-state index is 0.198. The van der Waals surface area contributed by atoms with Gasteiger partial charge >= 0.3 is 0 Å². The SMILES string of the molecule is CN(CC1CCN1)C(=O)C1CCOCC1. The van der Waals surface area contributed by atoms with Crippen LogP contribution in [0.25, 0.3) is 0 Å². The summed E-state index contributed by atoms with van der Waals surface area (Å²) in [4.78, 5) is 13.9. The highest BCUT2D eigenvalue weighted by Crippen LogP contribution is 2.17. The molecule has 2 aliphatic heterocycles. The molecule has 15 heavy (non-hydrogen) atoms. The summed E-state index contributed by atoms with van der Waals surface area (Å²) in [6.45, 7) is 3.44. The average Bonchev–Trinajstić information content (AvgIpc) is 2.23. The first-order chi connectivity index (χ1) is 7.27. The largest absolute Gasteiger partial charge is 0.381 e. The number of rotatable bonds is 3. The van der Waals surface area contributed by atoms with E-state index in [4.69, 9.17) is 4.74 Å². The number of carbonyl (C=O) groups excluding carboxylic acids is 1. The molecule has 0 spiro atoms. The number of hydrogen-bond donors (Lipinski definition) is 1. The molecule has 1 atom stereocenters. The monoisotopic (exact) mass is 212 g/mol. The van der Waals surface area contributed by atoms with Gasteiger partial charge in [0.1, 0.15) is 0 Å². The molecule has 4 nitrogen and oxygen atoms in total. The predicted octanol–water partition coefficient (Wildman–Crippen LogP) is 0.233. The van der Waals surface area contributed by atoms with Crippen molar-refractivity contribution in [2.24, 2.45) is 5.92 Å². The highest BCUT2D eigenvalue weighted by atomic mass is 16.5. The fourth-order valence-electron chi connectivity index (χ4n) is 2.18. The van der Waals surface area contributed by atoms with Crippen molar-refractivity contribution < 1.29 is 9.53 Å². The maximum absolute atomic E-state index is 12.0. The van der Waals surface area contributed by atoms with Crippen molar-refractivity contribution in [3.8, 4) is 0 Å². The van der Waals surface area contributed by atoms with Crippen LogP contribution in [0.2, 0.25) is 0 Å². The van der Waals surface area contributed by atoms with E-state index in [9.17, 15) is 4.79 Å². The van der Waals surface area contributed by atoms with Gasteiger partial charge in [-0.15, -0.1) is 0 Å². The Hall–Kier alpha value is -0.610. The van der Waals surface area contributed by atoms with Crippen molar-refractivity contribution in [1.82, 2.24) is 10.2 Å². The number of nitrogens with one attached hydrogen (secondary N) is 1. The van der Waals surface area contributed by atoms with Crippen molar-refractivity contribution in [2.45, 2.75) is 25.3 Å². The smallest absolute Gasteiger partial charge is 0.225 e. The number of nitrogens with zero attached hydrogens (tertiary/aromatic N) is 1. The van der Waals surface area contributed by atoms with Gasteiger partial charge in [-0.1, -0.05) is 0 Å². The van der Waals surface area contributed by atoms with Gasteiger partial charge in [0.05, 0.1) is 0 Å². The van der Waals surface area contributed by atoms with Crippen LogP contribution in [0.5, 0.6) is 0 Å². The van der Waals surface area contributed by atoms with E-state index in [1.165, 1.54) is 6.42 Å². The van der Waals surface area contributed by atoms with Crippen LogP contribution in [0.4, 0.5) is 0 Å². The molecule has 0 saturated carbocycles. The second-order valence-electron chi connectivity index (χ2n) is 4.55. The Bertz CT molecular complexity index is 223. The van der Waals surface area contributed by atoms with E-state index in [0.717, 1.165) is 39.1 Å². The summed E-state index contributed by atoms with van der Waals surface area (Å²) in [5.41, 5.74) is 0. The lowest BCUT2D eigenvalue weighted by Gasteiger charge is -2.33. The van der Waals surface area contributed by atoms with Gasteiger partial charge in [0.15, 0.2) is 0 Å². The van der Waals surface area contributed by atoms with Crippen LogP contribution in [-0.4, -0.2) is 50.2 Å². The fourth-order valence-corrected chi connectivity index (χ4v) is 2.18. The molecule has 0 radical (unpaired) electrons. The van der Waals surface area contributed by atoms with Gasteiger partial charge in [-0.25, -0.2) is 0 Å². The van der Waals surface area contributed by atoms with Crippen molar-refractivity contribution in [3.05, 3.63) is 0 Å². The van der Waals surface area contributed by atoms with Gasteiger partial charge in [0.25, 0.3) is 0 Å². The van der Waals surface area contributed by atoms with Crippen LogP contribution < -0.4 is 5.32 Å². The van der Waals surface area contributed by atoms with Crippen molar-refractivity contribution in [2.75, 3.05) is 33.4 Å². The molecule has 2 fully saturated rings. The molecule has 0 bridgehead atoms. The van der Waals surface area contributed by atoms with Crippen LogP contribution in [0.3, 0.4) is 0 Å². The summed E-state index contributed by atoms with van der Waals surface area (Å²) in [6.07, 6.45) is 2.98. The molecule has 1 amide bonds. The minimum Gasteiger partial charge on any atom is -0.381 e. The molecule has 2 saturated heterocycles. The number of hydrogen-bond acceptors (Lipinski definition) is 3. The first kappa shape index (κ1) is 10.9. The summed E-state index contributed by atoms with van der Waals surface area (Å²) in [5.74, 6) is 0.496. The highest BCUT2D eigenvalue weighted by molar-refractivity contribution is 5.78. The summed E-state index contributed by atoms with van der Waals surface area (Å²) >= 11 is 0. The lowest BCUT2D eigenvalue weighted by molar-refractivity contribution is -0.137. The lowest BCUT2D eigenvalue weighted by Crippen LogP contribution is -2.51. The fraction of sp³-hybridized carbons (Fsp3) is 0.909. The van der Waals surface area contributed by atoms with Gasteiger partial charge in [0.2, 0.25) is 5.91 Å². The van der Waals surface area contributed by atoms with E-state index in [0.29, 0.717) is 11.9 Å². The second-order valence-corrected chi connectivity index (χ2v) is 4.55. The van der Waals surface area contributed by atoms with Crippen LogP contribution in [0.15, 0.2) is 0 Å². The summed E-state index contributed by atoms with van der Waals surface area (Å²) < 4.78 is 5.26. The van der Waals surface area contributed by atoms with E-state index in [-0.39, 0.29) is 5.92 Å². The Labute approximate surface area is 91.0 Å². The standard InChI is InChI=1S/C11H20N2O2/c1-13(8-10-2-5-12-10)11(14)9-3-6-15-7-4-9/h9-10,12H,2-8H2,1H3. The van der Waals surface area contributed by atoms with Crippen LogP contribution >= 0.6 is 0 Å². The zero-order valence-corrected chi connectivity index (χ0v) is 9.37. The van der Waals surface area contributed by atoms with Crippen LogP contribution in [0, 0.1) is 5.92 Å². The van der Waals surface area contributed by atoms with E-state index < -0.39 is 0 Å². The molecule has 2 aliphatic rings. The second kappa shape index (κ2) is 4.94. The first-order valence-corrected chi connectivity index (χ1v) is 5.83. The third-order valence-electron chi connectivity index (χ3n) is 3.37. The Morgan fingerprint density at radius 3 is 2.60 bits per heavy atom. The third kappa shape index (κ3) is 2.69. The van der Waals surface area contributed by atoms with E-state index in [2.05, 4.69) is 5.32 Å². The number of ether oxygens (including phenoxy) is 1. The van der Waals surface area contributed by atoms with E-state index in [1.807, 2.05) is 11.9 Å². The summed E-state index contributed by atoms with van der Waals surface area (Å²) in [7, 11) is 1.91. The molecule has 0 aromatic carbocycles. The summed E-state index contributed by atoms with van der Waals surface area (Å²) in [6, 6.07) is 0.527. The van der Waals surface area contributed by atoms with Gasteiger partial charge in [-0.05, 0) is 25.8 Å². The van der Waals surface area contributed by atoms with Gasteiger partial charge in [-0.2, -0.15) is 0 Å². The molecular weight excluding hydrogens is 192 g/mol. The molecule has 4 heteroatoms. The number of likely N-dealkylation sites (N-methyl/N-ethyl adjacent to an activating group) is 1. The molecular formula is C11H20N2O2. The molecule has 2 rings (SSSR count). The zero-order valence-electron chi connectivity index (χ0n) is 9.37. The number of carbonyl (C=O) groups is 1. The quantitative estimate of drug-likeness (QED) is 0.728. The van der Waals surface area contributed by atoms with Gasteiger partial charge < -0.3 is 15.0 Å². The number of amides is 1. The Kier molecular flexibility index (Phi) is 3.59. The zero-order chi connectivity index (χ0) is 10.7. The van der Waals surface area contributed by atoms with Crippen molar-refractivity contribution in [1.29, 1.82) is 0 Å². The highest BCUT2D eigenvalue weighted by Gasteiger charge is 2.27. The maximum atomic E-state index is 12.0. The normalized spacial score (nSPS) is 27.1. The van der Waals surface area contributed by atoms with Gasteiger partial charge in [0, 0.05) is 38.8 Å². The van der Waals surface area contributed by atoms with E-state index >= 15 is 0 Å². The lowest BCUT2D eigenvalue weighted by atomic mass is 9.98. The van der Waals surface area contributed by atoms with E-state index in [1.54, 1.807) is 0 Å². The average molecular weight is 212 g/mol. The molecule has 2 heterocycles. The van der Waals surface area contributed by atoms with Crippen molar-refractivity contribution in [3.63, 3.8) is 0 Å². The molecule has 1 N–H and O–H groups in total.